The Hall–Kier alpha value is -0.500. The molecule has 0 fully saturated rings. The van der Waals surface area contributed by atoms with Crippen molar-refractivity contribution in [1.82, 2.24) is 4.90 Å². The first kappa shape index (κ1) is 6.62. The molecule has 1 heterocycles. The second kappa shape index (κ2) is 2.03. The zero-order valence-corrected chi connectivity index (χ0v) is 6.46. The molecule has 1 aliphatic rings. The van der Waals surface area contributed by atoms with Crippen LogP contribution < -0.4 is 0 Å². The van der Waals surface area contributed by atoms with Crippen molar-refractivity contribution in [2.24, 2.45) is 0 Å². The van der Waals surface area contributed by atoms with Crippen LogP contribution in [-0.4, -0.2) is 43.7 Å². The third kappa shape index (κ3) is 1.72. The van der Waals surface area contributed by atoms with Crippen molar-refractivity contribution >= 4 is 0 Å². The lowest BCUT2D eigenvalue weighted by molar-refractivity contribution is -0.895. The van der Waals surface area contributed by atoms with Gasteiger partial charge >= 0.3 is 0 Å². The normalized spacial score (nSPS) is 24.6. The molecule has 0 aromatic heterocycles. The highest BCUT2D eigenvalue weighted by molar-refractivity contribution is 4.82. The van der Waals surface area contributed by atoms with Gasteiger partial charge in [0.25, 0.3) is 0 Å². The molecule has 0 amide bonds. The van der Waals surface area contributed by atoms with E-state index in [0.29, 0.717) is 0 Å². The van der Waals surface area contributed by atoms with Crippen LogP contribution in [0.25, 0.3) is 0 Å². The zero-order chi connectivity index (χ0) is 6.91. The topological polar surface area (TPSA) is 3.24 Å². The van der Waals surface area contributed by atoms with Crippen molar-refractivity contribution in [2.45, 2.75) is 0 Å². The maximum absolute atomic E-state index is 2.24. The lowest BCUT2D eigenvalue weighted by Gasteiger charge is -2.35. The average molecular weight is 127 g/mol. The minimum Gasteiger partial charge on any atom is -0.335 e. The van der Waals surface area contributed by atoms with E-state index in [1.165, 1.54) is 0 Å². The van der Waals surface area contributed by atoms with Crippen LogP contribution in [0.1, 0.15) is 0 Å². The van der Waals surface area contributed by atoms with E-state index in [1.807, 2.05) is 0 Å². The molecular formula is C7H15N2+. The van der Waals surface area contributed by atoms with Crippen LogP contribution in [0.4, 0.5) is 0 Å². The maximum Gasteiger partial charge on any atom is 0.153 e. The van der Waals surface area contributed by atoms with Gasteiger partial charge in [-0.3, -0.25) is 0 Å². The van der Waals surface area contributed by atoms with Crippen molar-refractivity contribution < 1.29 is 4.48 Å². The van der Waals surface area contributed by atoms with E-state index in [2.05, 4.69) is 38.3 Å². The molecular weight excluding hydrogens is 112 g/mol. The van der Waals surface area contributed by atoms with Gasteiger partial charge in [-0.05, 0) is 6.08 Å². The molecule has 0 aromatic rings. The van der Waals surface area contributed by atoms with Gasteiger partial charge in [-0.15, -0.1) is 0 Å². The number of quaternary nitrogens is 1. The molecule has 0 bridgehead atoms. The highest BCUT2D eigenvalue weighted by Gasteiger charge is 2.17. The monoisotopic (exact) mass is 127 g/mol. The van der Waals surface area contributed by atoms with Crippen molar-refractivity contribution in [3.05, 3.63) is 12.3 Å². The number of likely N-dealkylation sites (N-methyl/N-ethyl adjacent to an activating group) is 1. The van der Waals surface area contributed by atoms with E-state index in [4.69, 9.17) is 0 Å². The van der Waals surface area contributed by atoms with Gasteiger partial charge in [-0.1, -0.05) is 0 Å². The van der Waals surface area contributed by atoms with Crippen LogP contribution in [0.5, 0.6) is 0 Å². The third-order valence-electron chi connectivity index (χ3n) is 1.57. The van der Waals surface area contributed by atoms with Gasteiger partial charge in [-0.25, -0.2) is 0 Å². The van der Waals surface area contributed by atoms with Crippen molar-refractivity contribution in [3.63, 3.8) is 0 Å². The van der Waals surface area contributed by atoms with Gasteiger partial charge in [0, 0.05) is 13.2 Å². The number of hydrogen-bond donors (Lipinski definition) is 0. The Morgan fingerprint density at radius 2 is 2.11 bits per heavy atom. The summed E-state index contributed by atoms with van der Waals surface area (Å²) in [7, 11) is 6.58. The van der Waals surface area contributed by atoms with E-state index in [9.17, 15) is 0 Å². The van der Waals surface area contributed by atoms with Crippen LogP contribution in [-0.2, 0) is 0 Å². The summed E-state index contributed by atoms with van der Waals surface area (Å²) in [6.45, 7) is 2.28. The Morgan fingerprint density at radius 3 is 2.44 bits per heavy atom. The molecule has 0 aromatic carbocycles. The van der Waals surface area contributed by atoms with Gasteiger partial charge in [-0.2, -0.15) is 0 Å². The highest BCUT2D eigenvalue weighted by Crippen LogP contribution is 2.04. The molecule has 2 nitrogen and oxygen atoms in total. The third-order valence-corrected chi connectivity index (χ3v) is 1.57. The summed E-state index contributed by atoms with van der Waals surface area (Å²) in [4.78, 5) is 2.21. The summed E-state index contributed by atoms with van der Waals surface area (Å²) < 4.78 is 1.08. The number of rotatable bonds is 0. The second-order valence-corrected chi connectivity index (χ2v) is 3.40. The predicted molar refractivity (Wildman–Crippen MR) is 38.7 cm³/mol. The largest absolute Gasteiger partial charge is 0.335 e. The molecule has 0 atom stereocenters. The summed E-state index contributed by atoms with van der Waals surface area (Å²) in [5, 5.41) is 0. The van der Waals surface area contributed by atoms with E-state index in [0.717, 1.165) is 17.7 Å². The fourth-order valence-corrected chi connectivity index (χ4v) is 1.22. The summed E-state index contributed by atoms with van der Waals surface area (Å²) in [6, 6.07) is 0. The minimum atomic E-state index is 1.08. The Bertz CT molecular complexity index is 127. The SMILES string of the molecule is CN1C=CC[N+](C)(C)C1. The first-order valence-corrected chi connectivity index (χ1v) is 3.29. The lowest BCUT2D eigenvalue weighted by Crippen LogP contribution is -2.48. The quantitative estimate of drug-likeness (QED) is 0.428. The van der Waals surface area contributed by atoms with Crippen LogP contribution in [0, 0.1) is 0 Å². The highest BCUT2D eigenvalue weighted by atomic mass is 15.4. The molecule has 1 rings (SSSR count). The van der Waals surface area contributed by atoms with Crippen LogP contribution in [0.2, 0.25) is 0 Å². The molecule has 0 radical (unpaired) electrons. The molecule has 0 saturated carbocycles. The predicted octanol–water partition coefficient (Wildman–Crippen LogP) is 0.479. The molecule has 9 heavy (non-hydrogen) atoms. The Morgan fingerprint density at radius 1 is 1.44 bits per heavy atom. The average Bonchev–Trinajstić information content (AvgIpc) is 1.60. The van der Waals surface area contributed by atoms with Crippen LogP contribution >= 0.6 is 0 Å². The van der Waals surface area contributed by atoms with Crippen molar-refractivity contribution in [3.8, 4) is 0 Å². The molecule has 0 aliphatic carbocycles. The van der Waals surface area contributed by atoms with Gasteiger partial charge in [0.2, 0.25) is 0 Å². The van der Waals surface area contributed by atoms with Gasteiger partial charge in [0.05, 0.1) is 14.1 Å². The van der Waals surface area contributed by atoms with E-state index in [-0.39, 0.29) is 0 Å². The maximum atomic E-state index is 2.24. The van der Waals surface area contributed by atoms with Gasteiger partial charge in [0.15, 0.2) is 6.67 Å². The fraction of sp³-hybridized carbons (Fsp3) is 0.714. The molecule has 0 saturated heterocycles. The van der Waals surface area contributed by atoms with E-state index >= 15 is 0 Å². The zero-order valence-electron chi connectivity index (χ0n) is 6.46. The Balaban J connectivity index is 2.58. The Kier molecular flexibility index (Phi) is 1.49. The Labute approximate surface area is 57.0 Å². The minimum absolute atomic E-state index is 1.08. The molecule has 0 spiro atoms. The summed E-state index contributed by atoms with van der Waals surface area (Å²) in [6.07, 6.45) is 4.35. The van der Waals surface area contributed by atoms with Crippen LogP contribution in [0.3, 0.4) is 0 Å². The van der Waals surface area contributed by atoms with Crippen molar-refractivity contribution in [2.75, 3.05) is 34.4 Å². The second-order valence-electron chi connectivity index (χ2n) is 3.40. The number of nitrogens with zero attached hydrogens (tertiary/aromatic N) is 2. The van der Waals surface area contributed by atoms with Crippen molar-refractivity contribution in [1.29, 1.82) is 0 Å². The molecule has 0 unspecified atom stereocenters. The molecule has 52 valence electrons. The van der Waals surface area contributed by atoms with Crippen LogP contribution in [0.15, 0.2) is 12.3 Å². The van der Waals surface area contributed by atoms with Gasteiger partial charge in [0.1, 0.15) is 6.54 Å². The fourth-order valence-electron chi connectivity index (χ4n) is 1.22. The smallest absolute Gasteiger partial charge is 0.153 e. The first-order chi connectivity index (χ1) is 4.10. The summed E-state index contributed by atoms with van der Waals surface area (Å²) >= 11 is 0. The number of hydrogen-bond acceptors (Lipinski definition) is 1. The van der Waals surface area contributed by atoms with E-state index < -0.39 is 0 Å². The first-order valence-electron chi connectivity index (χ1n) is 3.29. The summed E-state index contributed by atoms with van der Waals surface area (Å²) in [5.41, 5.74) is 0. The molecule has 2 heteroatoms. The van der Waals surface area contributed by atoms with Gasteiger partial charge < -0.3 is 9.38 Å². The molecule has 1 aliphatic heterocycles. The van der Waals surface area contributed by atoms with E-state index in [1.54, 1.807) is 0 Å². The summed E-state index contributed by atoms with van der Waals surface area (Å²) in [5.74, 6) is 0. The standard InChI is InChI=1S/C7H15N2/c1-8-5-4-6-9(2,3)7-8/h4-5H,6-7H2,1-3H3/q+1. The molecule has 0 N–H and O–H groups in total. The lowest BCUT2D eigenvalue weighted by atomic mass is 10.4.